The van der Waals surface area contributed by atoms with Crippen molar-refractivity contribution in [2.45, 2.75) is 55.2 Å². The summed E-state index contributed by atoms with van der Waals surface area (Å²) < 4.78 is 6.97. The van der Waals surface area contributed by atoms with Crippen LogP contribution in [-0.2, 0) is 11.8 Å². The van der Waals surface area contributed by atoms with Crippen molar-refractivity contribution in [2.75, 3.05) is 18.4 Å². The summed E-state index contributed by atoms with van der Waals surface area (Å²) in [6.45, 7) is 6.77. The average Bonchev–Trinajstić information content (AvgIpc) is 3.27. The first kappa shape index (κ1) is 27.0. The predicted molar refractivity (Wildman–Crippen MR) is 140 cm³/mol. The van der Waals surface area contributed by atoms with Gasteiger partial charge in [0.1, 0.15) is 5.60 Å². The van der Waals surface area contributed by atoms with Crippen LogP contribution in [0.3, 0.4) is 0 Å². The van der Waals surface area contributed by atoms with E-state index in [0.29, 0.717) is 28.8 Å². The molecule has 1 unspecified atom stereocenters. The number of rotatable bonds is 6. The van der Waals surface area contributed by atoms with Gasteiger partial charge in [-0.15, -0.1) is 5.10 Å². The molecule has 3 aromatic rings. The van der Waals surface area contributed by atoms with Gasteiger partial charge in [0.15, 0.2) is 0 Å². The maximum Gasteiger partial charge on any atom is 0.410 e. The minimum absolute atomic E-state index is 0.136. The van der Waals surface area contributed by atoms with Crippen LogP contribution in [0.15, 0.2) is 52.5 Å². The molecule has 1 atom stereocenters. The van der Waals surface area contributed by atoms with Crippen LogP contribution >= 0.6 is 11.8 Å². The third kappa shape index (κ3) is 6.65. The van der Waals surface area contributed by atoms with E-state index in [1.54, 1.807) is 24.1 Å². The summed E-state index contributed by atoms with van der Waals surface area (Å²) in [7, 11) is 1.66. The van der Waals surface area contributed by atoms with Gasteiger partial charge < -0.3 is 15.0 Å². The molecule has 1 aliphatic heterocycles. The van der Waals surface area contributed by atoms with Gasteiger partial charge >= 0.3 is 6.09 Å². The average molecular weight is 540 g/mol. The highest BCUT2D eigenvalue weighted by atomic mass is 32.2. The number of nitro groups is 1. The normalized spacial score (nSPS) is 15.7. The first-order valence-corrected chi connectivity index (χ1v) is 12.9. The Bertz CT molecular complexity index is 1340. The fraction of sp³-hybridized carbons (Fsp3) is 0.400. The summed E-state index contributed by atoms with van der Waals surface area (Å²) in [6.07, 6.45) is 1.50. The topological polar surface area (TPSA) is 145 Å². The van der Waals surface area contributed by atoms with Crippen molar-refractivity contribution in [1.29, 1.82) is 0 Å². The van der Waals surface area contributed by atoms with E-state index in [2.05, 4.69) is 20.8 Å². The van der Waals surface area contributed by atoms with E-state index in [4.69, 9.17) is 4.74 Å². The van der Waals surface area contributed by atoms with E-state index < -0.39 is 16.4 Å². The van der Waals surface area contributed by atoms with Crippen molar-refractivity contribution in [1.82, 2.24) is 25.1 Å². The van der Waals surface area contributed by atoms with Crippen molar-refractivity contribution < 1.29 is 19.2 Å². The molecule has 4 rings (SSSR count). The highest BCUT2D eigenvalue weighted by molar-refractivity contribution is 7.99. The third-order valence-corrected chi connectivity index (χ3v) is 7.02. The van der Waals surface area contributed by atoms with Crippen molar-refractivity contribution in [3.8, 4) is 0 Å². The minimum Gasteiger partial charge on any atom is -0.444 e. The minimum atomic E-state index is -0.549. The Labute approximate surface area is 223 Å². The number of ether oxygens (including phenoxy) is 1. The van der Waals surface area contributed by atoms with Gasteiger partial charge in [-0.3, -0.25) is 14.9 Å². The maximum atomic E-state index is 13.2. The van der Waals surface area contributed by atoms with Gasteiger partial charge in [-0.05, 0) is 79.6 Å². The number of aryl methyl sites for hydroxylation is 1. The number of nitro benzene ring substituents is 1. The summed E-state index contributed by atoms with van der Waals surface area (Å²) >= 11 is 1.13. The van der Waals surface area contributed by atoms with Crippen molar-refractivity contribution in [3.63, 3.8) is 0 Å². The lowest BCUT2D eigenvalue weighted by atomic mass is 9.90. The fourth-order valence-corrected chi connectivity index (χ4v) is 4.92. The van der Waals surface area contributed by atoms with Crippen molar-refractivity contribution in [2.24, 2.45) is 7.05 Å². The molecule has 1 aliphatic rings. The van der Waals surface area contributed by atoms with E-state index >= 15 is 0 Å². The number of non-ortho nitro benzene ring substituents is 1. The molecule has 1 saturated heterocycles. The Morgan fingerprint density at radius 1 is 1.18 bits per heavy atom. The largest absolute Gasteiger partial charge is 0.444 e. The molecule has 1 N–H and O–H groups in total. The monoisotopic (exact) mass is 539 g/mol. The number of aromatic nitrogens is 4. The quantitative estimate of drug-likeness (QED) is 0.350. The number of hydrogen-bond donors (Lipinski definition) is 1. The highest BCUT2D eigenvalue weighted by Crippen LogP contribution is 2.32. The van der Waals surface area contributed by atoms with E-state index in [1.165, 1.54) is 22.9 Å². The molecule has 13 heteroatoms. The number of nitrogens with one attached hydrogen (secondary N) is 1. The second kappa shape index (κ2) is 11.2. The van der Waals surface area contributed by atoms with Gasteiger partial charge in [0.2, 0.25) is 5.16 Å². The molecular formula is C25H29N7O5S. The zero-order valence-electron chi connectivity index (χ0n) is 21.6. The summed E-state index contributed by atoms with van der Waals surface area (Å²) in [6, 6.07) is 11.5. The lowest BCUT2D eigenvalue weighted by molar-refractivity contribution is -0.384. The Balaban J connectivity index is 1.47. The molecule has 0 spiro atoms. The van der Waals surface area contributed by atoms with Crippen LogP contribution in [-0.4, -0.2) is 60.7 Å². The Hall–Kier alpha value is -4.00. The standard InChI is InChI=1S/C25H29N7O5S/c1-25(2,3)37-24(34)31-13-5-6-17(15-31)16-7-9-18(10-8-16)26-22(33)20-14-19(32(35)36)11-12-21(20)38-23-27-28-29-30(23)4/h7-12,14,17H,5-6,13,15H2,1-4H3,(H,26,33). The molecule has 1 aromatic heterocycles. The van der Waals surface area contributed by atoms with Crippen LogP contribution in [0.2, 0.25) is 0 Å². The zero-order valence-corrected chi connectivity index (χ0v) is 22.4. The molecule has 2 amide bonds. The molecule has 200 valence electrons. The number of piperidine rings is 1. The van der Waals surface area contributed by atoms with E-state index in [1.807, 2.05) is 32.9 Å². The first-order chi connectivity index (χ1) is 18.0. The summed E-state index contributed by atoms with van der Waals surface area (Å²) in [5.74, 6) is -0.339. The number of tetrazole rings is 1. The van der Waals surface area contributed by atoms with Gasteiger partial charge in [0, 0.05) is 48.8 Å². The van der Waals surface area contributed by atoms with Gasteiger partial charge in [0.05, 0.1) is 10.5 Å². The summed E-state index contributed by atoms with van der Waals surface area (Å²) in [5.41, 5.74) is 0.986. The van der Waals surface area contributed by atoms with Crippen LogP contribution in [0.5, 0.6) is 0 Å². The fourth-order valence-electron chi connectivity index (χ4n) is 4.08. The van der Waals surface area contributed by atoms with Crippen LogP contribution in [0, 0.1) is 10.1 Å². The van der Waals surface area contributed by atoms with Crippen molar-refractivity contribution >= 4 is 35.1 Å². The summed E-state index contributed by atoms with van der Waals surface area (Å²) in [4.78, 5) is 38.7. The number of amides is 2. The van der Waals surface area contributed by atoms with Crippen LogP contribution < -0.4 is 5.32 Å². The molecule has 38 heavy (non-hydrogen) atoms. The molecule has 0 aliphatic carbocycles. The van der Waals surface area contributed by atoms with Gasteiger partial charge in [0.25, 0.3) is 11.6 Å². The SMILES string of the molecule is Cn1nnnc1Sc1ccc([N+](=O)[O-])cc1C(=O)Nc1ccc(C2CCCN(C(=O)OC(C)(C)C)C2)cc1. The lowest BCUT2D eigenvalue weighted by Crippen LogP contribution is -2.42. The Kier molecular flexibility index (Phi) is 7.95. The van der Waals surface area contributed by atoms with E-state index in [-0.39, 0.29) is 23.3 Å². The number of anilines is 1. The van der Waals surface area contributed by atoms with Crippen LogP contribution in [0.1, 0.15) is 55.5 Å². The molecule has 0 radical (unpaired) electrons. The van der Waals surface area contributed by atoms with Crippen LogP contribution in [0.4, 0.5) is 16.2 Å². The van der Waals surface area contributed by atoms with Gasteiger partial charge in [-0.25, -0.2) is 9.48 Å². The van der Waals surface area contributed by atoms with E-state index in [9.17, 15) is 19.7 Å². The van der Waals surface area contributed by atoms with Crippen LogP contribution in [0.25, 0.3) is 0 Å². The molecule has 0 saturated carbocycles. The number of likely N-dealkylation sites (tertiary alicyclic amines) is 1. The number of nitrogens with zero attached hydrogens (tertiary/aromatic N) is 6. The molecule has 2 aromatic carbocycles. The maximum absolute atomic E-state index is 13.2. The second-order valence-corrected chi connectivity index (χ2v) is 11.0. The Morgan fingerprint density at radius 2 is 1.92 bits per heavy atom. The van der Waals surface area contributed by atoms with Gasteiger partial charge in [-0.2, -0.15) is 0 Å². The smallest absolute Gasteiger partial charge is 0.410 e. The highest BCUT2D eigenvalue weighted by Gasteiger charge is 2.28. The number of benzene rings is 2. The third-order valence-electron chi connectivity index (χ3n) is 5.91. The Morgan fingerprint density at radius 3 is 2.55 bits per heavy atom. The number of carbonyl (C=O) groups excluding carboxylic acids is 2. The number of carbonyl (C=O) groups is 2. The molecule has 0 bridgehead atoms. The molecule has 1 fully saturated rings. The zero-order chi connectivity index (χ0) is 27.4. The first-order valence-electron chi connectivity index (χ1n) is 12.1. The van der Waals surface area contributed by atoms with E-state index in [0.717, 1.165) is 30.2 Å². The molecular weight excluding hydrogens is 510 g/mol. The van der Waals surface area contributed by atoms with Crippen molar-refractivity contribution in [3.05, 3.63) is 63.7 Å². The molecule has 2 heterocycles. The summed E-state index contributed by atoms with van der Waals surface area (Å²) in [5, 5.41) is 25.9. The number of hydrogen-bond acceptors (Lipinski definition) is 9. The molecule has 12 nitrogen and oxygen atoms in total. The van der Waals surface area contributed by atoms with Gasteiger partial charge in [-0.1, -0.05) is 12.1 Å². The second-order valence-electron chi connectivity index (χ2n) is 9.97. The lowest BCUT2D eigenvalue weighted by Gasteiger charge is -2.34. The predicted octanol–water partition coefficient (Wildman–Crippen LogP) is 4.64.